The van der Waals surface area contributed by atoms with Gasteiger partial charge in [0.2, 0.25) is 0 Å². The number of hydrogen-bond acceptors (Lipinski definition) is 5. The molecule has 21 heavy (non-hydrogen) atoms. The first-order chi connectivity index (χ1) is 10.3. The molecule has 2 aromatic rings. The van der Waals surface area contributed by atoms with Crippen molar-refractivity contribution in [3.05, 3.63) is 36.2 Å². The highest BCUT2D eigenvalue weighted by molar-refractivity contribution is 5.65. The molecular weight excluding hydrogens is 264 g/mol. The van der Waals surface area contributed by atoms with Crippen LogP contribution in [0.4, 0.5) is 17.3 Å². The molecule has 2 heterocycles. The molecule has 1 aromatic carbocycles. The number of aryl methyl sites for hydroxylation is 1. The largest absolute Gasteiger partial charge is 0.495 e. The van der Waals surface area contributed by atoms with E-state index in [0.29, 0.717) is 0 Å². The SMILES string of the molecule is COc1ccccc1Nc1cc(N2CCCC2)nc(C)n1. The summed E-state index contributed by atoms with van der Waals surface area (Å²) in [5.74, 6) is 3.37. The number of nitrogens with zero attached hydrogens (tertiary/aromatic N) is 3. The lowest BCUT2D eigenvalue weighted by atomic mass is 10.3. The summed E-state index contributed by atoms with van der Waals surface area (Å²) < 4.78 is 5.36. The fourth-order valence-electron chi connectivity index (χ4n) is 2.61. The van der Waals surface area contributed by atoms with Crippen molar-refractivity contribution < 1.29 is 4.74 Å². The van der Waals surface area contributed by atoms with Gasteiger partial charge in [0, 0.05) is 19.2 Å². The maximum atomic E-state index is 5.36. The second-order valence-electron chi connectivity index (χ2n) is 5.18. The molecule has 5 heteroatoms. The minimum Gasteiger partial charge on any atom is -0.495 e. The number of nitrogens with one attached hydrogen (secondary N) is 1. The van der Waals surface area contributed by atoms with Gasteiger partial charge < -0.3 is 15.0 Å². The summed E-state index contributed by atoms with van der Waals surface area (Å²) in [6, 6.07) is 9.83. The molecule has 0 spiro atoms. The Bertz CT molecular complexity index is 623. The van der Waals surface area contributed by atoms with Crippen LogP contribution in [0.5, 0.6) is 5.75 Å². The number of hydrogen-bond donors (Lipinski definition) is 1. The average Bonchev–Trinajstić information content (AvgIpc) is 3.01. The normalized spacial score (nSPS) is 14.3. The molecule has 1 fully saturated rings. The van der Waals surface area contributed by atoms with Crippen LogP contribution in [-0.4, -0.2) is 30.2 Å². The molecule has 0 radical (unpaired) electrons. The number of anilines is 3. The van der Waals surface area contributed by atoms with E-state index in [1.807, 2.05) is 37.3 Å². The lowest BCUT2D eigenvalue weighted by Gasteiger charge is -2.18. The van der Waals surface area contributed by atoms with Crippen molar-refractivity contribution in [2.24, 2.45) is 0 Å². The van der Waals surface area contributed by atoms with Crippen LogP contribution < -0.4 is 15.0 Å². The predicted octanol–water partition coefficient (Wildman–Crippen LogP) is 3.14. The summed E-state index contributed by atoms with van der Waals surface area (Å²) >= 11 is 0. The molecule has 0 amide bonds. The maximum Gasteiger partial charge on any atom is 0.142 e. The first kappa shape index (κ1) is 13.7. The van der Waals surface area contributed by atoms with Crippen molar-refractivity contribution in [2.75, 3.05) is 30.4 Å². The molecule has 1 saturated heterocycles. The summed E-state index contributed by atoms with van der Waals surface area (Å²) in [6.45, 7) is 4.07. The second kappa shape index (κ2) is 5.99. The Kier molecular flexibility index (Phi) is 3.90. The molecule has 0 saturated carbocycles. The monoisotopic (exact) mass is 284 g/mol. The van der Waals surface area contributed by atoms with Crippen molar-refractivity contribution in [1.82, 2.24) is 9.97 Å². The lowest BCUT2D eigenvalue weighted by molar-refractivity contribution is 0.417. The highest BCUT2D eigenvalue weighted by atomic mass is 16.5. The van der Waals surface area contributed by atoms with E-state index in [2.05, 4.69) is 20.2 Å². The minimum atomic E-state index is 0.775. The van der Waals surface area contributed by atoms with Crippen molar-refractivity contribution in [1.29, 1.82) is 0 Å². The first-order valence-corrected chi connectivity index (χ1v) is 7.27. The quantitative estimate of drug-likeness (QED) is 0.934. The van der Waals surface area contributed by atoms with Gasteiger partial charge in [0.1, 0.15) is 23.2 Å². The predicted molar refractivity (Wildman–Crippen MR) is 84.5 cm³/mol. The van der Waals surface area contributed by atoms with E-state index < -0.39 is 0 Å². The van der Waals surface area contributed by atoms with E-state index in [4.69, 9.17) is 4.74 Å². The van der Waals surface area contributed by atoms with Crippen LogP contribution >= 0.6 is 0 Å². The zero-order valence-corrected chi connectivity index (χ0v) is 12.5. The van der Waals surface area contributed by atoms with Crippen LogP contribution in [0.1, 0.15) is 18.7 Å². The van der Waals surface area contributed by atoms with Crippen LogP contribution in [0.15, 0.2) is 30.3 Å². The third-order valence-electron chi connectivity index (χ3n) is 3.62. The van der Waals surface area contributed by atoms with E-state index in [1.54, 1.807) is 7.11 Å². The Labute approximate surface area is 125 Å². The first-order valence-electron chi connectivity index (χ1n) is 7.27. The molecule has 1 aromatic heterocycles. The molecular formula is C16H20N4O. The Morgan fingerprint density at radius 3 is 2.67 bits per heavy atom. The number of benzene rings is 1. The van der Waals surface area contributed by atoms with Crippen molar-refractivity contribution in [2.45, 2.75) is 19.8 Å². The fraction of sp³-hybridized carbons (Fsp3) is 0.375. The third-order valence-corrected chi connectivity index (χ3v) is 3.62. The number of methoxy groups -OCH3 is 1. The molecule has 0 aliphatic carbocycles. The zero-order chi connectivity index (χ0) is 14.7. The smallest absolute Gasteiger partial charge is 0.142 e. The number of ether oxygens (including phenoxy) is 1. The minimum absolute atomic E-state index is 0.775. The van der Waals surface area contributed by atoms with Gasteiger partial charge in [0.15, 0.2) is 0 Å². The molecule has 110 valence electrons. The van der Waals surface area contributed by atoms with Gasteiger partial charge in [0.05, 0.1) is 12.8 Å². The second-order valence-corrected chi connectivity index (χ2v) is 5.18. The van der Waals surface area contributed by atoms with Crippen LogP contribution in [-0.2, 0) is 0 Å². The molecule has 3 rings (SSSR count). The van der Waals surface area contributed by atoms with Gasteiger partial charge in [-0.05, 0) is 31.9 Å². The summed E-state index contributed by atoms with van der Waals surface area (Å²) in [6.07, 6.45) is 2.47. The van der Waals surface area contributed by atoms with Crippen molar-refractivity contribution >= 4 is 17.3 Å². The molecule has 1 aliphatic heterocycles. The lowest BCUT2D eigenvalue weighted by Crippen LogP contribution is -2.19. The van der Waals surface area contributed by atoms with Gasteiger partial charge in [-0.25, -0.2) is 9.97 Å². The standard InChI is InChI=1S/C16H20N4O/c1-12-17-15(11-16(18-12)20-9-5-6-10-20)19-13-7-3-4-8-14(13)21-2/h3-4,7-8,11H,5-6,9-10H2,1-2H3,(H,17,18,19). The maximum absolute atomic E-state index is 5.36. The van der Waals surface area contributed by atoms with Crippen molar-refractivity contribution in [3.8, 4) is 5.75 Å². The fourth-order valence-corrected chi connectivity index (χ4v) is 2.61. The van der Waals surface area contributed by atoms with Crippen molar-refractivity contribution in [3.63, 3.8) is 0 Å². The number of para-hydroxylation sites is 2. The van der Waals surface area contributed by atoms with E-state index in [1.165, 1.54) is 12.8 Å². The Morgan fingerprint density at radius 1 is 1.14 bits per heavy atom. The van der Waals surface area contributed by atoms with Crippen LogP contribution in [0, 0.1) is 6.92 Å². The highest BCUT2D eigenvalue weighted by Crippen LogP contribution is 2.28. The summed E-state index contributed by atoms with van der Waals surface area (Å²) in [7, 11) is 1.67. The molecule has 1 N–H and O–H groups in total. The van der Waals surface area contributed by atoms with E-state index in [0.717, 1.165) is 42.0 Å². The Balaban J connectivity index is 1.88. The molecule has 0 atom stereocenters. The van der Waals surface area contributed by atoms with Gasteiger partial charge in [-0.1, -0.05) is 12.1 Å². The molecule has 0 unspecified atom stereocenters. The molecule has 5 nitrogen and oxygen atoms in total. The van der Waals surface area contributed by atoms with Gasteiger partial charge in [0.25, 0.3) is 0 Å². The summed E-state index contributed by atoms with van der Waals surface area (Å²) in [5.41, 5.74) is 0.908. The Hall–Kier alpha value is -2.30. The van der Waals surface area contributed by atoms with Gasteiger partial charge in [-0.15, -0.1) is 0 Å². The Morgan fingerprint density at radius 2 is 1.90 bits per heavy atom. The third kappa shape index (κ3) is 3.07. The van der Waals surface area contributed by atoms with E-state index >= 15 is 0 Å². The highest BCUT2D eigenvalue weighted by Gasteiger charge is 2.15. The average molecular weight is 284 g/mol. The van der Waals surface area contributed by atoms with Crippen LogP contribution in [0.2, 0.25) is 0 Å². The summed E-state index contributed by atoms with van der Waals surface area (Å²) in [4.78, 5) is 11.3. The van der Waals surface area contributed by atoms with Gasteiger partial charge >= 0.3 is 0 Å². The molecule has 0 bridgehead atoms. The van der Waals surface area contributed by atoms with Crippen LogP contribution in [0.25, 0.3) is 0 Å². The van der Waals surface area contributed by atoms with Gasteiger partial charge in [-0.2, -0.15) is 0 Å². The molecule has 1 aliphatic rings. The topological polar surface area (TPSA) is 50.3 Å². The van der Waals surface area contributed by atoms with E-state index in [9.17, 15) is 0 Å². The zero-order valence-electron chi connectivity index (χ0n) is 12.5. The number of rotatable bonds is 4. The summed E-state index contributed by atoms with van der Waals surface area (Å²) in [5, 5.41) is 3.33. The van der Waals surface area contributed by atoms with E-state index in [-0.39, 0.29) is 0 Å². The van der Waals surface area contributed by atoms with Crippen LogP contribution in [0.3, 0.4) is 0 Å². The van der Waals surface area contributed by atoms with Gasteiger partial charge in [-0.3, -0.25) is 0 Å². The number of aromatic nitrogens is 2.